The Morgan fingerprint density at radius 2 is 1.91 bits per heavy atom. The number of piperazine rings is 1. The lowest BCUT2D eigenvalue weighted by Crippen LogP contribution is -2.59. The zero-order valence-corrected chi connectivity index (χ0v) is 20.9. The summed E-state index contributed by atoms with van der Waals surface area (Å²) in [4.78, 5) is 30.8. The van der Waals surface area contributed by atoms with Gasteiger partial charge in [0.25, 0.3) is 0 Å². The van der Waals surface area contributed by atoms with Gasteiger partial charge in [0.1, 0.15) is 23.6 Å². The Labute approximate surface area is 205 Å². The van der Waals surface area contributed by atoms with Gasteiger partial charge in [-0.1, -0.05) is 0 Å². The molecular weight excluding hydrogens is 442 g/mol. The van der Waals surface area contributed by atoms with Crippen molar-refractivity contribution in [2.24, 2.45) is 0 Å². The van der Waals surface area contributed by atoms with E-state index in [1.54, 1.807) is 24.7 Å². The fourth-order valence-corrected chi connectivity index (χ4v) is 4.79. The highest BCUT2D eigenvalue weighted by Gasteiger charge is 2.37. The first-order valence-corrected chi connectivity index (χ1v) is 12.1. The second-order valence-electron chi connectivity index (χ2n) is 10.6. The van der Waals surface area contributed by atoms with E-state index in [-0.39, 0.29) is 18.2 Å². The average molecular weight is 474 g/mol. The molecule has 0 radical (unpaired) electrons. The number of nitrogens with zero attached hydrogens (tertiary/aromatic N) is 7. The van der Waals surface area contributed by atoms with Crippen LogP contribution in [0.2, 0.25) is 0 Å². The number of pyridine rings is 1. The van der Waals surface area contributed by atoms with E-state index >= 15 is 0 Å². The summed E-state index contributed by atoms with van der Waals surface area (Å²) in [6.07, 6.45) is 7.34. The number of hydrogen-bond donors (Lipinski definition) is 0. The maximum Gasteiger partial charge on any atom is 0.410 e. The molecule has 0 bridgehead atoms. The lowest BCUT2D eigenvalue weighted by Gasteiger charge is -2.44. The highest BCUT2D eigenvalue weighted by Crippen LogP contribution is 2.46. The first kappa shape index (κ1) is 23.1. The van der Waals surface area contributed by atoms with E-state index in [2.05, 4.69) is 34.1 Å². The van der Waals surface area contributed by atoms with Gasteiger partial charge >= 0.3 is 6.09 Å². The number of anilines is 1. The van der Waals surface area contributed by atoms with Gasteiger partial charge in [0.15, 0.2) is 5.65 Å². The largest absolute Gasteiger partial charge is 0.444 e. The lowest BCUT2D eigenvalue weighted by molar-refractivity contribution is 0.0130. The highest BCUT2D eigenvalue weighted by atomic mass is 16.6. The van der Waals surface area contributed by atoms with Crippen molar-refractivity contribution in [1.29, 1.82) is 5.26 Å². The van der Waals surface area contributed by atoms with Gasteiger partial charge in [-0.2, -0.15) is 5.26 Å². The molecule has 1 aliphatic heterocycles. The number of carbonyl (C=O) groups is 1. The molecule has 9 nitrogen and oxygen atoms in total. The fourth-order valence-electron chi connectivity index (χ4n) is 4.79. The molecule has 0 unspecified atom stereocenters. The van der Waals surface area contributed by atoms with Crippen LogP contribution in [0.15, 0.2) is 30.9 Å². The Balaban J connectivity index is 1.54. The van der Waals surface area contributed by atoms with Crippen molar-refractivity contribution >= 4 is 22.9 Å². The summed E-state index contributed by atoms with van der Waals surface area (Å²) in [5, 5.41) is 10.4. The molecule has 4 heterocycles. The van der Waals surface area contributed by atoms with Crippen molar-refractivity contribution < 1.29 is 9.53 Å². The molecule has 1 saturated heterocycles. The van der Waals surface area contributed by atoms with Crippen molar-refractivity contribution in [1.82, 2.24) is 24.4 Å². The monoisotopic (exact) mass is 473 g/mol. The second-order valence-corrected chi connectivity index (χ2v) is 10.6. The minimum absolute atomic E-state index is 0.0356. The smallest absolute Gasteiger partial charge is 0.410 e. The van der Waals surface area contributed by atoms with E-state index in [9.17, 15) is 10.1 Å². The third kappa shape index (κ3) is 4.41. The molecule has 182 valence electrons. The lowest BCUT2D eigenvalue weighted by atomic mass is 10.1. The molecule has 35 heavy (non-hydrogen) atoms. The molecule has 5 rings (SSSR count). The molecule has 3 aromatic heterocycles. The van der Waals surface area contributed by atoms with Crippen LogP contribution < -0.4 is 4.90 Å². The van der Waals surface area contributed by atoms with Gasteiger partial charge in [0.05, 0.1) is 17.0 Å². The van der Waals surface area contributed by atoms with Crippen molar-refractivity contribution in [2.45, 2.75) is 71.1 Å². The Bertz CT molecular complexity index is 1320. The van der Waals surface area contributed by atoms with Crippen LogP contribution in [0.25, 0.3) is 16.9 Å². The molecule has 0 spiro atoms. The minimum Gasteiger partial charge on any atom is -0.444 e. The Morgan fingerprint density at radius 3 is 2.60 bits per heavy atom. The molecule has 2 aliphatic rings. The number of fused-ring (bicyclic) bond motifs is 1. The third-order valence-corrected chi connectivity index (χ3v) is 6.62. The van der Waals surface area contributed by atoms with Crippen LogP contribution in [0.4, 0.5) is 10.6 Å². The molecule has 0 aromatic carbocycles. The maximum atomic E-state index is 12.8. The van der Waals surface area contributed by atoms with Crippen molar-refractivity contribution in [2.75, 3.05) is 18.0 Å². The zero-order valence-electron chi connectivity index (χ0n) is 20.9. The van der Waals surface area contributed by atoms with Crippen LogP contribution in [-0.2, 0) is 4.74 Å². The molecule has 9 heteroatoms. The van der Waals surface area contributed by atoms with E-state index < -0.39 is 5.60 Å². The summed E-state index contributed by atoms with van der Waals surface area (Å²) < 4.78 is 7.62. The van der Waals surface area contributed by atoms with Crippen LogP contribution in [-0.4, -0.2) is 61.3 Å². The molecule has 1 saturated carbocycles. The summed E-state index contributed by atoms with van der Waals surface area (Å²) in [6, 6.07) is 5.68. The standard InChI is InChI=1S/C26H31N7O2/c1-16-13-32(25(34)35-26(3,4)5)17(2)12-31(16)23-22-20(19-6-7-19)14-33(24(22)30-15-29-23)21-10-18(11-27)8-9-28-21/h8-10,14-17,19H,6-7,12-13H2,1-5H3/t16-,17+/m0/s1. The molecule has 2 fully saturated rings. The van der Waals surface area contributed by atoms with Crippen LogP contribution in [0.3, 0.4) is 0 Å². The Morgan fingerprint density at radius 1 is 1.14 bits per heavy atom. The molecule has 0 N–H and O–H groups in total. The number of aromatic nitrogens is 4. The number of rotatable bonds is 3. The van der Waals surface area contributed by atoms with Crippen LogP contribution in [0.1, 0.15) is 64.5 Å². The predicted molar refractivity (Wildman–Crippen MR) is 133 cm³/mol. The van der Waals surface area contributed by atoms with Gasteiger partial charge in [0, 0.05) is 37.6 Å². The molecular formula is C26H31N7O2. The Kier molecular flexibility index (Phi) is 5.62. The van der Waals surface area contributed by atoms with Crippen molar-refractivity contribution in [3.8, 4) is 11.9 Å². The fraction of sp³-hybridized carbons (Fsp3) is 0.500. The maximum absolute atomic E-state index is 12.8. The normalized spacial score (nSPS) is 20.7. The van der Waals surface area contributed by atoms with E-state index in [1.807, 2.05) is 37.2 Å². The van der Waals surface area contributed by atoms with E-state index in [4.69, 9.17) is 9.72 Å². The van der Waals surface area contributed by atoms with Gasteiger partial charge in [-0.05, 0) is 71.1 Å². The zero-order chi connectivity index (χ0) is 24.9. The second kappa shape index (κ2) is 8.52. The van der Waals surface area contributed by atoms with Gasteiger partial charge in [-0.15, -0.1) is 0 Å². The summed E-state index contributed by atoms with van der Waals surface area (Å²) >= 11 is 0. The first-order chi connectivity index (χ1) is 16.7. The van der Waals surface area contributed by atoms with E-state index in [0.717, 1.165) is 29.7 Å². The summed E-state index contributed by atoms with van der Waals surface area (Å²) in [6.45, 7) is 11.0. The minimum atomic E-state index is -0.533. The highest BCUT2D eigenvalue weighted by molar-refractivity contribution is 5.93. The van der Waals surface area contributed by atoms with Crippen molar-refractivity contribution in [3.63, 3.8) is 0 Å². The van der Waals surface area contributed by atoms with Gasteiger partial charge in [-0.3, -0.25) is 4.57 Å². The van der Waals surface area contributed by atoms with Crippen LogP contribution >= 0.6 is 0 Å². The average Bonchev–Trinajstić information content (AvgIpc) is 3.58. The quantitative estimate of drug-likeness (QED) is 0.556. The number of ether oxygens (including phenoxy) is 1. The first-order valence-electron chi connectivity index (χ1n) is 12.1. The third-order valence-electron chi connectivity index (χ3n) is 6.62. The van der Waals surface area contributed by atoms with E-state index in [0.29, 0.717) is 30.4 Å². The summed E-state index contributed by atoms with van der Waals surface area (Å²) in [5.41, 5.74) is 2.03. The molecule has 3 aromatic rings. The molecule has 1 aliphatic carbocycles. The van der Waals surface area contributed by atoms with Gasteiger partial charge < -0.3 is 14.5 Å². The van der Waals surface area contributed by atoms with Crippen LogP contribution in [0.5, 0.6) is 0 Å². The number of amides is 1. The predicted octanol–water partition coefficient (Wildman–Crippen LogP) is 4.40. The topological polar surface area (TPSA) is 100 Å². The molecule has 1 amide bonds. The van der Waals surface area contributed by atoms with Crippen molar-refractivity contribution in [3.05, 3.63) is 42.0 Å². The van der Waals surface area contributed by atoms with Gasteiger partial charge in [-0.25, -0.2) is 19.7 Å². The van der Waals surface area contributed by atoms with Crippen LogP contribution in [0, 0.1) is 11.3 Å². The number of carbonyl (C=O) groups excluding carboxylic acids is 1. The van der Waals surface area contributed by atoms with Gasteiger partial charge in [0.2, 0.25) is 0 Å². The van der Waals surface area contributed by atoms with E-state index in [1.165, 1.54) is 5.56 Å². The Hall–Kier alpha value is -3.67. The molecule has 2 atom stereocenters. The number of nitriles is 1. The number of hydrogen-bond acceptors (Lipinski definition) is 7. The summed E-state index contributed by atoms with van der Waals surface area (Å²) in [7, 11) is 0. The SMILES string of the molecule is C[C@@H]1CN(c2ncnc3c2c(C2CC2)cn3-c2cc(C#N)ccn2)[C@@H](C)CN1C(=O)OC(C)(C)C. The summed E-state index contributed by atoms with van der Waals surface area (Å²) in [5.74, 6) is 2.02.